The Balaban J connectivity index is 2.13. The van der Waals surface area contributed by atoms with E-state index in [-0.39, 0.29) is 0 Å². The number of para-hydroxylation sites is 1. The van der Waals surface area contributed by atoms with Gasteiger partial charge in [-0.3, -0.25) is 0 Å². The van der Waals surface area contributed by atoms with Gasteiger partial charge in [0.15, 0.2) is 0 Å². The number of aryl methyl sites for hydroxylation is 1. The van der Waals surface area contributed by atoms with Crippen LogP contribution in [0.25, 0.3) is 11.0 Å². The van der Waals surface area contributed by atoms with E-state index < -0.39 is 0 Å². The molecular formula is C15H19ClN2OS. The highest BCUT2D eigenvalue weighted by Gasteiger charge is 2.23. The van der Waals surface area contributed by atoms with Crippen LogP contribution in [0.5, 0.6) is 5.75 Å². The van der Waals surface area contributed by atoms with E-state index in [1.165, 1.54) is 23.4 Å². The molecule has 1 aliphatic heterocycles. The zero-order chi connectivity index (χ0) is 13.9. The van der Waals surface area contributed by atoms with Gasteiger partial charge in [-0.25, -0.2) is 4.98 Å². The predicted molar refractivity (Wildman–Crippen MR) is 86.3 cm³/mol. The van der Waals surface area contributed by atoms with Gasteiger partial charge in [0.1, 0.15) is 17.1 Å². The minimum Gasteiger partial charge on any atom is -0.492 e. The van der Waals surface area contributed by atoms with Crippen LogP contribution in [0.2, 0.25) is 0 Å². The van der Waals surface area contributed by atoms with Crippen molar-refractivity contribution in [3.8, 4) is 5.75 Å². The van der Waals surface area contributed by atoms with Gasteiger partial charge < -0.3 is 9.30 Å². The summed E-state index contributed by atoms with van der Waals surface area (Å²) in [7, 11) is 0. The Kier molecular flexibility index (Phi) is 4.41. The lowest BCUT2D eigenvalue weighted by Crippen LogP contribution is -2.12. The molecule has 0 radical (unpaired) electrons. The minimum absolute atomic E-state index is 0.542. The molecule has 0 N–H and O–H groups in total. The normalized spacial score (nSPS) is 18.8. The van der Waals surface area contributed by atoms with Crippen LogP contribution in [0, 0.1) is 0 Å². The van der Waals surface area contributed by atoms with Crippen LogP contribution < -0.4 is 4.74 Å². The molecule has 3 nitrogen and oxygen atoms in total. The number of hydrogen-bond acceptors (Lipinski definition) is 3. The molecule has 0 amide bonds. The Morgan fingerprint density at radius 1 is 1.50 bits per heavy atom. The molecule has 2 heterocycles. The van der Waals surface area contributed by atoms with Crippen LogP contribution in [0.1, 0.15) is 25.2 Å². The smallest absolute Gasteiger partial charge is 0.147 e. The molecule has 1 aliphatic rings. The molecule has 108 valence electrons. The zero-order valence-corrected chi connectivity index (χ0v) is 13.2. The van der Waals surface area contributed by atoms with Gasteiger partial charge in [0.2, 0.25) is 0 Å². The van der Waals surface area contributed by atoms with Crippen LogP contribution in [0.3, 0.4) is 0 Å². The fourth-order valence-corrected chi connectivity index (χ4v) is 4.17. The fraction of sp³-hybridized carbons (Fsp3) is 0.533. The third kappa shape index (κ3) is 2.51. The number of thioether (sulfide) groups is 1. The van der Waals surface area contributed by atoms with Gasteiger partial charge >= 0.3 is 0 Å². The highest BCUT2D eigenvalue weighted by Crippen LogP contribution is 2.35. The summed E-state index contributed by atoms with van der Waals surface area (Å²) in [6.07, 6.45) is 2.02. The van der Waals surface area contributed by atoms with Crippen molar-refractivity contribution in [1.82, 2.24) is 9.55 Å². The van der Waals surface area contributed by atoms with Crippen molar-refractivity contribution in [3.05, 3.63) is 24.0 Å². The standard InChI is InChI=1S/C15H19ClN2OS/c1-2-19-13-5-3-4-12-15(13)17-14(6-8-16)18(12)11-7-9-20-10-11/h3-5,11H,2,6-10H2,1H3. The van der Waals surface area contributed by atoms with Gasteiger partial charge in [-0.05, 0) is 31.2 Å². The molecule has 1 unspecified atom stereocenters. The molecule has 2 aromatic rings. The Morgan fingerprint density at radius 3 is 3.10 bits per heavy atom. The molecule has 5 heteroatoms. The maximum atomic E-state index is 5.95. The summed E-state index contributed by atoms with van der Waals surface area (Å²) in [6.45, 7) is 2.67. The summed E-state index contributed by atoms with van der Waals surface area (Å²) >= 11 is 7.97. The highest BCUT2D eigenvalue weighted by atomic mass is 35.5. The number of aromatic nitrogens is 2. The lowest BCUT2D eigenvalue weighted by molar-refractivity contribution is 0.343. The van der Waals surface area contributed by atoms with Gasteiger partial charge in [0.05, 0.1) is 12.1 Å². The second-order valence-corrected chi connectivity index (χ2v) is 6.44. The van der Waals surface area contributed by atoms with E-state index in [0.717, 1.165) is 23.5 Å². The molecule has 0 bridgehead atoms. The van der Waals surface area contributed by atoms with Crippen molar-refractivity contribution >= 4 is 34.4 Å². The van der Waals surface area contributed by atoms with Crippen molar-refractivity contribution in [3.63, 3.8) is 0 Å². The number of ether oxygens (including phenoxy) is 1. The van der Waals surface area contributed by atoms with E-state index in [4.69, 9.17) is 21.3 Å². The van der Waals surface area contributed by atoms with Crippen LogP contribution in [0.4, 0.5) is 0 Å². The second-order valence-electron chi connectivity index (χ2n) is 4.91. The third-order valence-electron chi connectivity index (χ3n) is 3.64. The van der Waals surface area contributed by atoms with Crippen molar-refractivity contribution in [2.75, 3.05) is 24.0 Å². The quantitative estimate of drug-likeness (QED) is 0.784. The first-order chi connectivity index (χ1) is 9.85. The molecule has 3 rings (SSSR count). The average Bonchev–Trinajstić information content (AvgIpc) is 3.06. The second kappa shape index (κ2) is 6.27. The van der Waals surface area contributed by atoms with Crippen LogP contribution in [0.15, 0.2) is 18.2 Å². The van der Waals surface area contributed by atoms with E-state index in [1.807, 2.05) is 24.8 Å². The van der Waals surface area contributed by atoms with Gasteiger partial charge in [0.25, 0.3) is 0 Å². The van der Waals surface area contributed by atoms with Crippen molar-refractivity contribution < 1.29 is 4.74 Å². The number of halogens is 1. The van der Waals surface area contributed by atoms with E-state index in [2.05, 4.69) is 16.7 Å². The molecule has 20 heavy (non-hydrogen) atoms. The molecule has 1 atom stereocenters. The Hall–Kier alpha value is -0.870. The van der Waals surface area contributed by atoms with E-state index in [9.17, 15) is 0 Å². The molecule has 1 fully saturated rings. The monoisotopic (exact) mass is 310 g/mol. The van der Waals surface area contributed by atoms with Crippen LogP contribution >= 0.6 is 23.4 Å². The maximum absolute atomic E-state index is 5.95. The van der Waals surface area contributed by atoms with E-state index in [1.54, 1.807) is 0 Å². The molecule has 1 saturated heterocycles. The number of alkyl halides is 1. The number of imidazole rings is 1. The molecule has 0 saturated carbocycles. The van der Waals surface area contributed by atoms with E-state index >= 15 is 0 Å². The average molecular weight is 311 g/mol. The SMILES string of the molecule is CCOc1cccc2c1nc(CCCl)n2C1CCSC1. The summed E-state index contributed by atoms with van der Waals surface area (Å²) < 4.78 is 8.10. The van der Waals surface area contributed by atoms with Crippen LogP contribution in [-0.4, -0.2) is 33.5 Å². The number of fused-ring (bicyclic) bond motifs is 1. The third-order valence-corrected chi connectivity index (χ3v) is 4.98. The molecular weight excluding hydrogens is 292 g/mol. The first kappa shape index (κ1) is 14.1. The first-order valence-corrected chi connectivity index (χ1v) is 8.80. The Labute approximate surface area is 128 Å². The molecule has 1 aromatic carbocycles. The van der Waals surface area contributed by atoms with Crippen molar-refractivity contribution in [2.24, 2.45) is 0 Å². The number of benzene rings is 1. The highest BCUT2D eigenvalue weighted by molar-refractivity contribution is 7.99. The van der Waals surface area contributed by atoms with Gasteiger partial charge in [-0.2, -0.15) is 11.8 Å². The first-order valence-electron chi connectivity index (χ1n) is 7.11. The Bertz CT molecular complexity index is 593. The lowest BCUT2D eigenvalue weighted by atomic mass is 10.2. The largest absolute Gasteiger partial charge is 0.492 e. The summed E-state index contributed by atoms with van der Waals surface area (Å²) in [5, 5.41) is 0. The summed E-state index contributed by atoms with van der Waals surface area (Å²) in [6, 6.07) is 6.74. The number of nitrogens with zero attached hydrogens (tertiary/aromatic N) is 2. The van der Waals surface area contributed by atoms with Crippen molar-refractivity contribution in [2.45, 2.75) is 25.8 Å². The zero-order valence-electron chi connectivity index (χ0n) is 11.6. The predicted octanol–water partition coefficient (Wildman–Crippen LogP) is 3.89. The van der Waals surface area contributed by atoms with Gasteiger partial charge in [-0.15, -0.1) is 11.6 Å². The maximum Gasteiger partial charge on any atom is 0.147 e. The number of hydrogen-bond donors (Lipinski definition) is 0. The lowest BCUT2D eigenvalue weighted by Gasteiger charge is -2.15. The number of rotatable bonds is 5. The topological polar surface area (TPSA) is 27.1 Å². The molecule has 0 spiro atoms. The molecule has 1 aromatic heterocycles. The summed E-state index contributed by atoms with van der Waals surface area (Å²) in [5.74, 6) is 4.97. The Morgan fingerprint density at radius 2 is 2.40 bits per heavy atom. The van der Waals surface area contributed by atoms with Crippen molar-refractivity contribution in [1.29, 1.82) is 0 Å². The minimum atomic E-state index is 0.542. The van der Waals surface area contributed by atoms with Crippen LogP contribution in [-0.2, 0) is 6.42 Å². The van der Waals surface area contributed by atoms with Gasteiger partial charge in [-0.1, -0.05) is 6.07 Å². The van der Waals surface area contributed by atoms with Gasteiger partial charge in [0, 0.05) is 24.1 Å². The fourth-order valence-electron chi connectivity index (χ4n) is 2.81. The summed E-state index contributed by atoms with van der Waals surface area (Å²) in [5.41, 5.74) is 2.16. The van der Waals surface area contributed by atoms with E-state index in [0.29, 0.717) is 18.5 Å². The summed E-state index contributed by atoms with van der Waals surface area (Å²) in [4.78, 5) is 4.81. The molecule has 0 aliphatic carbocycles.